The second kappa shape index (κ2) is 7.33. The van der Waals surface area contributed by atoms with Gasteiger partial charge in [0.1, 0.15) is 0 Å². The van der Waals surface area contributed by atoms with Gasteiger partial charge in [-0.3, -0.25) is 0 Å². The van der Waals surface area contributed by atoms with E-state index in [-0.39, 0.29) is 6.61 Å². The van der Waals surface area contributed by atoms with Gasteiger partial charge < -0.3 is 10.4 Å². The molecule has 0 aliphatic heterocycles. The molecule has 0 aliphatic carbocycles. The predicted molar refractivity (Wildman–Crippen MR) is 74.0 cm³/mol. The topological polar surface area (TPSA) is 32.3 Å². The van der Waals surface area contributed by atoms with Crippen LogP contribution in [0.1, 0.15) is 24.9 Å². The third-order valence-electron chi connectivity index (χ3n) is 2.45. The molecule has 0 spiro atoms. The van der Waals surface area contributed by atoms with Crippen molar-refractivity contribution in [1.29, 1.82) is 0 Å². The lowest BCUT2D eigenvalue weighted by Gasteiger charge is -2.12. The molecule has 0 aliphatic rings. The van der Waals surface area contributed by atoms with E-state index in [0.29, 0.717) is 6.04 Å². The molecule has 1 aromatic carbocycles. The Hall–Kier alpha value is -0.0300. The lowest BCUT2D eigenvalue weighted by Crippen LogP contribution is -2.12. The van der Waals surface area contributed by atoms with E-state index in [9.17, 15) is 0 Å². The highest BCUT2D eigenvalue weighted by Crippen LogP contribution is 2.30. The minimum atomic E-state index is 0.263. The summed E-state index contributed by atoms with van der Waals surface area (Å²) in [5.74, 6) is 0.954. The first kappa shape index (κ1) is 14.0. The highest BCUT2D eigenvalue weighted by atomic mass is 79.9. The fraction of sp³-hybridized carbons (Fsp3) is 0.500. The first-order valence-corrected chi connectivity index (χ1v) is 7.17. The van der Waals surface area contributed by atoms with Crippen LogP contribution in [0, 0.1) is 0 Å². The molecule has 0 aromatic heterocycles. The minimum absolute atomic E-state index is 0.263. The number of aliphatic hydroxyl groups is 1. The van der Waals surface area contributed by atoms with Gasteiger partial charge in [-0.25, -0.2) is 0 Å². The van der Waals surface area contributed by atoms with Crippen molar-refractivity contribution < 1.29 is 5.11 Å². The maximum Gasteiger partial charge on any atom is 0.0439 e. The van der Waals surface area contributed by atoms with Gasteiger partial charge in [0.2, 0.25) is 0 Å². The van der Waals surface area contributed by atoms with E-state index in [4.69, 9.17) is 5.11 Å². The van der Waals surface area contributed by atoms with E-state index in [0.717, 1.165) is 16.6 Å². The zero-order chi connectivity index (χ0) is 12.0. The Morgan fingerprint density at radius 1 is 1.50 bits per heavy atom. The number of aliphatic hydroxyl groups excluding tert-OH is 1. The molecule has 0 radical (unpaired) electrons. The summed E-state index contributed by atoms with van der Waals surface area (Å²) in [6, 6.07) is 6.80. The molecule has 4 heteroatoms. The van der Waals surface area contributed by atoms with Crippen LogP contribution in [0.15, 0.2) is 27.6 Å². The standard InChI is InChI=1S/C12H18BrNOS/c1-9(14-2)10-4-5-12(11(13)8-10)16-7-3-6-15/h4-5,8-9,14-15H,3,6-7H2,1-2H3. The first-order chi connectivity index (χ1) is 7.69. The Bertz CT molecular complexity index is 333. The van der Waals surface area contributed by atoms with Crippen molar-refractivity contribution in [3.8, 4) is 0 Å². The summed E-state index contributed by atoms with van der Waals surface area (Å²) in [6.45, 7) is 2.40. The highest BCUT2D eigenvalue weighted by Gasteiger charge is 2.06. The molecular weight excluding hydrogens is 286 g/mol. The van der Waals surface area contributed by atoms with Gasteiger partial charge in [0, 0.05) is 27.8 Å². The number of halogens is 1. The number of nitrogens with one attached hydrogen (secondary N) is 1. The molecule has 0 bridgehead atoms. The molecule has 0 saturated heterocycles. The Labute approximate surface area is 110 Å². The molecule has 1 unspecified atom stereocenters. The number of hydrogen-bond donors (Lipinski definition) is 2. The minimum Gasteiger partial charge on any atom is -0.396 e. The van der Waals surface area contributed by atoms with Crippen molar-refractivity contribution in [3.05, 3.63) is 28.2 Å². The van der Waals surface area contributed by atoms with Crippen LogP contribution in [0.5, 0.6) is 0 Å². The predicted octanol–water partition coefficient (Wildman–Crippen LogP) is 3.20. The Morgan fingerprint density at radius 2 is 2.25 bits per heavy atom. The molecule has 0 heterocycles. The molecule has 2 nitrogen and oxygen atoms in total. The monoisotopic (exact) mass is 303 g/mol. The van der Waals surface area contributed by atoms with Crippen molar-refractivity contribution in [1.82, 2.24) is 5.32 Å². The lowest BCUT2D eigenvalue weighted by molar-refractivity contribution is 0.296. The summed E-state index contributed by atoms with van der Waals surface area (Å²) in [7, 11) is 1.96. The molecular formula is C12H18BrNOS. The molecule has 1 atom stereocenters. The van der Waals surface area contributed by atoms with Gasteiger partial charge >= 0.3 is 0 Å². The van der Waals surface area contributed by atoms with Crippen LogP contribution in [0.3, 0.4) is 0 Å². The third kappa shape index (κ3) is 4.09. The van der Waals surface area contributed by atoms with Gasteiger partial charge in [0.25, 0.3) is 0 Å². The van der Waals surface area contributed by atoms with Gasteiger partial charge in [-0.05, 0) is 54.0 Å². The normalized spacial score (nSPS) is 12.8. The molecule has 0 amide bonds. The maximum atomic E-state index is 8.73. The van der Waals surface area contributed by atoms with E-state index in [1.54, 1.807) is 11.8 Å². The number of benzene rings is 1. The number of thioether (sulfide) groups is 1. The fourth-order valence-electron chi connectivity index (χ4n) is 1.32. The van der Waals surface area contributed by atoms with Crippen LogP contribution < -0.4 is 5.32 Å². The SMILES string of the molecule is CNC(C)c1ccc(SCCCO)c(Br)c1. The molecule has 0 fully saturated rings. The number of hydrogen-bond acceptors (Lipinski definition) is 3. The van der Waals surface area contributed by atoms with Crippen molar-refractivity contribution in [2.75, 3.05) is 19.4 Å². The maximum absolute atomic E-state index is 8.73. The third-order valence-corrected chi connectivity index (χ3v) is 4.53. The Balaban J connectivity index is 2.67. The van der Waals surface area contributed by atoms with Crippen LogP contribution in [-0.2, 0) is 0 Å². The molecule has 2 N–H and O–H groups in total. The van der Waals surface area contributed by atoms with Crippen LogP contribution in [0.25, 0.3) is 0 Å². The van der Waals surface area contributed by atoms with Crippen molar-refractivity contribution in [2.24, 2.45) is 0 Å². The van der Waals surface area contributed by atoms with E-state index in [1.807, 2.05) is 7.05 Å². The Morgan fingerprint density at radius 3 is 2.81 bits per heavy atom. The van der Waals surface area contributed by atoms with E-state index < -0.39 is 0 Å². The average Bonchev–Trinajstić information content (AvgIpc) is 2.30. The fourth-order valence-corrected chi connectivity index (χ4v) is 2.91. The average molecular weight is 304 g/mol. The van der Waals surface area contributed by atoms with Crippen molar-refractivity contribution in [2.45, 2.75) is 24.3 Å². The Kier molecular flexibility index (Phi) is 6.43. The van der Waals surface area contributed by atoms with Crippen molar-refractivity contribution in [3.63, 3.8) is 0 Å². The van der Waals surface area contributed by atoms with Crippen molar-refractivity contribution >= 4 is 27.7 Å². The molecule has 1 rings (SSSR count). The van der Waals surface area contributed by atoms with Gasteiger partial charge in [-0.1, -0.05) is 6.07 Å². The first-order valence-electron chi connectivity index (χ1n) is 5.39. The molecule has 0 saturated carbocycles. The zero-order valence-electron chi connectivity index (χ0n) is 9.66. The van der Waals surface area contributed by atoms with Crippen LogP contribution in [-0.4, -0.2) is 24.5 Å². The molecule has 16 heavy (non-hydrogen) atoms. The highest BCUT2D eigenvalue weighted by molar-refractivity contribution is 9.10. The smallest absolute Gasteiger partial charge is 0.0439 e. The summed E-state index contributed by atoms with van der Waals surface area (Å²) in [5, 5.41) is 11.9. The van der Waals surface area contributed by atoms with E-state index >= 15 is 0 Å². The summed E-state index contributed by atoms with van der Waals surface area (Å²) in [5.41, 5.74) is 1.28. The van der Waals surface area contributed by atoms with E-state index in [2.05, 4.69) is 46.4 Å². The second-order valence-corrected chi connectivity index (χ2v) is 5.62. The quantitative estimate of drug-likeness (QED) is 0.625. The summed E-state index contributed by atoms with van der Waals surface area (Å²) >= 11 is 5.36. The van der Waals surface area contributed by atoms with Gasteiger partial charge in [0.05, 0.1) is 0 Å². The van der Waals surface area contributed by atoms with Gasteiger partial charge in [-0.15, -0.1) is 11.8 Å². The van der Waals surface area contributed by atoms with Crippen LogP contribution in [0.4, 0.5) is 0 Å². The van der Waals surface area contributed by atoms with E-state index in [1.165, 1.54) is 10.5 Å². The summed E-state index contributed by atoms with van der Waals surface area (Å²) in [4.78, 5) is 1.24. The largest absolute Gasteiger partial charge is 0.396 e. The van der Waals surface area contributed by atoms with Gasteiger partial charge in [-0.2, -0.15) is 0 Å². The van der Waals surface area contributed by atoms with Crippen LogP contribution in [0.2, 0.25) is 0 Å². The second-order valence-electron chi connectivity index (χ2n) is 3.63. The lowest BCUT2D eigenvalue weighted by atomic mass is 10.1. The zero-order valence-corrected chi connectivity index (χ0v) is 12.1. The molecule has 1 aromatic rings. The number of rotatable bonds is 6. The summed E-state index contributed by atoms with van der Waals surface area (Å²) < 4.78 is 1.13. The molecule has 90 valence electrons. The summed E-state index contributed by atoms with van der Waals surface area (Å²) in [6.07, 6.45) is 0.839. The van der Waals surface area contributed by atoms with Gasteiger partial charge in [0.15, 0.2) is 0 Å². The van der Waals surface area contributed by atoms with Crippen LogP contribution >= 0.6 is 27.7 Å².